The van der Waals surface area contributed by atoms with Crippen LogP contribution >= 0.6 is 11.6 Å². The molecule has 1 saturated heterocycles. The molecule has 1 atom stereocenters. The molecule has 0 aromatic heterocycles. The summed E-state index contributed by atoms with van der Waals surface area (Å²) in [5.74, 6) is -2.82. The Balaban J connectivity index is 1.81. The van der Waals surface area contributed by atoms with Gasteiger partial charge in [0.25, 0.3) is 11.8 Å². The fourth-order valence-corrected chi connectivity index (χ4v) is 4.18. The molecular weight excluding hydrogens is 451 g/mol. The van der Waals surface area contributed by atoms with Crippen LogP contribution < -0.4 is 5.14 Å². The smallest absolute Gasteiger partial charge is 0.338 e. The van der Waals surface area contributed by atoms with Crippen molar-refractivity contribution in [3.8, 4) is 0 Å². The Bertz CT molecular complexity index is 1140. The van der Waals surface area contributed by atoms with Crippen LogP contribution in [-0.2, 0) is 19.6 Å². The molecule has 2 aromatic carbocycles. The largest absolute Gasteiger partial charge is 0.449 e. The van der Waals surface area contributed by atoms with E-state index in [9.17, 15) is 27.2 Å². The minimum absolute atomic E-state index is 0.122. The molecule has 0 saturated carbocycles. The zero-order valence-electron chi connectivity index (χ0n) is 16.1. The van der Waals surface area contributed by atoms with Crippen molar-refractivity contribution in [3.05, 3.63) is 64.4 Å². The van der Waals surface area contributed by atoms with Gasteiger partial charge in [-0.05, 0) is 61.7 Å². The first kappa shape index (κ1) is 22.9. The van der Waals surface area contributed by atoms with Gasteiger partial charge in [-0.3, -0.25) is 14.5 Å². The standard InChI is InChI=1S/C20H18ClFN2O6S/c21-15-9-6-13(11-17(15)31(23,28)29)20(27)30-16-3-1-2-10-24(19(16)26)18(25)12-4-7-14(22)8-5-12/h4-9,11,16H,1-3,10H2,(H2,23,28,29)/t16-/m1/s1. The Morgan fingerprint density at radius 3 is 2.39 bits per heavy atom. The van der Waals surface area contributed by atoms with E-state index in [2.05, 4.69) is 0 Å². The lowest BCUT2D eigenvalue weighted by molar-refractivity contribution is -0.137. The Labute approximate surface area is 182 Å². The summed E-state index contributed by atoms with van der Waals surface area (Å²) in [6.07, 6.45) is -0.0377. The van der Waals surface area contributed by atoms with E-state index in [4.69, 9.17) is 21.5 Å². The SMILES string of the molecule is NS(=O)(=O)c1cc(C(=O)O[C@@H]2CCCCN(C(=O)c3ccc(F)cc3)C2=O)ccc1Cl. The Hall–Kier alpha value is -2.82. The molecule has 0 spiro atoms. The van der Waals surface area contributed by atoms with Gasteiger partial charge in [-0.25, -0.2) is 22.7 Å². The first-order chi connectivity index (χ1) is 14.6. The molecule has 2 aromatic rings. The Kier molecular flexibility index (Phi) is 6.73. The van der Waals surface area contributed by atoms with Gasteiger partial charge < -0.3 is 4.74 Å². The number of nitrogens with zero attached hydrogens (tertiary/aromatic N) is 1. The van der Waals surface area contributed by atoms with E-state index in [1.54, 1.807) is 0 Å². The summed E-state index contributed by atoms with van der Waals surface area (Å²) in [6, 6.07) is 8.12. The summed E-state index contributed by atoms with van der Waals surface area (Å²) in [4.78, 5) is 38.7. The number of benzene rings is 2. The van der Waals surface area contributed by atoms with Crippen LogP contribution in [0, 0.1) is 5.82 Å². The molecular formula is C20H18ClFN2O6S. The van der Waals surface area contributed by atoms with Crippen LogP contribution in [0.5, 0.6) is 0 Å². The number of hydrogen-bond donors (Lipinski definition) is 1. The second-order valence-corrected chi connectivity index (χ2v) is 8.82. The Morgan fingerprint density at radius 2 is 1.74 bits per heavy atom. The average molecular weight is 469 g/mol. The van der Waals surface area contributed by atoms with Crippen LogP contribution in [0.1, 0.15) is 40.0 Å². The fourth-order valence-electron chi connectivity index (χ4n) is 3.11. The van der Waals surface area contributed by atoms with Gasteiger partial charge in [0.2, 0.25) is 10.0 Å². The number of likely N-dealkylation sites (tertiary alicyclic amines) is 1. The molecule has 1 aliphatic heterocycles. The van der Waals surface area contributed by atoms with Gasteiger partial charge in [0, 0.05) is 12.1 Å². The van der Waals surface area contributed by atoms with Crippen LogP contribution in [0.2, 0.25) is 5.02 Å². The van der Waals surface area contributed by atoms with E-state index in [1.165, 1.54) is 24.3 Å². The minimum atomic E-state index is -4.18. The molecule has 1 fully saturated rings. The van der Waals surface area contributed by atoms with Crippen molar-refractivity contribution in [1.29, 1.82) is 0 Å². The maximum absolute atomic E-state index is 13.1. The number of carbonyl (C=O) groups excluding carboxylic acids is 3. The van der Waals surface area contributed by atoms with Crippen LogP contribution in [0.25, 0.3) is 0 Å². The van der Waals surface area contributed by atoms with Crippen molar-refractivity contribution in [3.63, 3.8) is 0 Å². The molecule has 31 heavy (non-hydrogen) atoms. The quantitative estimate of drug-likeness (QED) is 0.543. The van der Waals surface area contributed by atoms with E-state index < -0.39 is 44.6 Å². The predicted octanol–water partition coefficient (Wildman–Crippen LogP) is 2.50. The molecule has 3 rings (SSSR count). The molecule has 0 radical (unpaired) electrons. The van der Waals surface area contributed by atoms with Gasteiger partial charge in [-0.1, -0.05) is 11.6 Å². The zero-order valence-corrected chi connectivity index (χ0v) is 17.7. The van der Waals surface area contributed by atoms with Crippen LogP contribution in [0.3, 0.4) is 0 Å². The maximum Gasteiger partial charge on any atom is 0.338 e. The van der Waals surface area contributed by atoms with Crippen molar-refractivity contribution in [2.24, 2.45) is 5.14 Å². The van der Waals surface area contributed by atoms with Gasteiger partial charge >= 0.3 is 5.97 Å². The molecule has 8 nitrogen and oxygen atoms in total. The lowest BCUT2D eigenvalue weighted by Gasteiger charge is -2.23. The lowest BCUT2D eigenvalue weighted by atomic mass is 10.1. The van der Waals surface area contributed by atoms with Crippen LogP contribution in [-0.4, -0.2) is 43.8 Å². The highest BCUT2D eigenvalue weighted by atomic mass is 35.5. The minimum Gasteiger partial charge on any atom is -0.449 e. The number of hydrogen-bond acceptors (Lipinski definition) is 6. The normalized spacial score (nSPS) is 17.2. The molecule has 0 aliphatic carbocycles. The molecule has 11 heteroatoms. The summed E-state index contributed by atoms with van der Waals surface area (Å²) in [5, 5.41) is 4.92. The van der Waals surface area contributed by atoms with Gasteiger partial charge in [0.15, 0.2) is 6.10 Å². The average Bonchev–Trinajstić information content (AvgIpc) is 2.89. The summed E-state index contributed by atoms with van der Waals surface area (Å²) in [6.45, 7) is 0.125. The van der Waals surface area contributed by atoms with E-state index in [0.717, 1.165) is 23.1 Å². The summed E-state index contributed by atoms with van der Waals surface area (Å²) >= 11 is 5.81. The predicted molar refractivity (Wildman–Crippen MR) is 108 cm³/mol. The Morgan fingerprint density at radius 1 is 1.10 bits per heavy atom. The highest BCUT2D eigenvalue weighted by Gasteiger charge is 2.34. The monoisotopic (exact) mass is 468 g/mol. The van der Waals surface area contributed by atoms with E-state index in [1.807, 2.05) is 0 Å². The topological polar surface area (TPSA) is 124 Å². The zero-order chi connectivity index (χ0) is 22.8. The number of imide groups is 1. The first-order valence-corrected chi connectivity index (χ1v) is 11.1. The van der Waals surface area contributed by atoms with Crippen molar-refractivity contribution in [1.82, 2.24) is 4.90 Å². The van der Waals surface area contributed by atoms with Crippen molar-refractivity contribution >= 4 is 39.4 Å². The van der Waals surface area contributed by atoms with Gasteiger partial charge in [-0.2, -0.15) is 0 Å². The summed E-state index contributed by atoms with van der Waals surface area (Å²) < 4.78 is 41.6. The number of amides is 2. The van der Waals surface area contributed by atoms with E-state index >= 15 is 0 Å². The molecule has 1 heterocycles. The maximum atomic E-state index is 13.1. The number of carbonyl (C=O) groups is 3. The number of rotatable bonds is 4. The van der Waals surface area contributed by atoms with E-state index in [0.29, 0.717) is 12.8 Å². The number of sulfonamides is 1. The second kappa shape index (κ2) is 9.13. The highest BCUT2D eigenvalue weighted by molar-refractivity contribution is 7.89. The molecule has 0 unspecified atom stereocenters. The lowest BCUT2D eigenvalue weighted by Crippen LogP contribution is -2.43. The molecule has 2 N–H and O–H groups in total. The van der Waals surface area contributed by atoms with Crippen LogP contribution in [0.15, 0.2) is 47.4 Å². The third-order valence-electron chi connectivity index (χ3n) is 4.70. The molecule has 164 valence electrons. The number of primary sulfonamides is 1. The second-order valence-electron chi connectivity index (χ2n) is 6.88. The van der Waals surface area contributed by atoms with Crippen LogP contribution in [0.4, 0.5) is 4.39 Å². The summed E-state index contributed by atoms with van der Waals surface area (Å²) in [7, 11) is -4.18. The molecule has 2 amide bonds. The first-order valence-electron chi connectivity index (χ1n) is 9.22. The highest BCUT2D eigenvalue weighted by Crippen LogP contribution is 2.24. The number of esters is 1. The van der Waals surface area contributed by atoms with Crippen molar-refractivity contribution in [2.45, 2.75) is 30.3 Å². The van der Waals surface area contributed by atoms with E-state index in [-0.39, 0.29) is 29.1 Å². The molecule has 0 bridgehead atoms. The molecule has 1 aliphatic rings. The third-order valence-corrected chi connectivity index (χ3v) is 6.09. The third kappa shape index (κ3) is 5.27. The number of nitrogens with two attached hydrogens (primary N) is 1. The number of halogens is 2. The summed E-state index contributed by atoms with van der Waals surface area (Å²) in [5.41, 5.74) is -0.0425. The number of ether oxygens (including phenoxy) is 1. The van der Waals surface area contributed by atoms with Gasteiger partial charge in [-0.15, -0.1) is 0 Å². The van der Waals surface area contributed by atoms with Crippen molar-refractivity contribution < 1.29 is 31.9 Å². The van der Waals surface area contributed by atoms with Gasteiger partial charge in [0.1, 0.15) is 10.7 Å². The fraction of sp³-hybridized carbons (Fsp3) is 0.250. The van der Waals surface area contributed by atoms with Gasteiger partial charge in [0.05, 0.1) is 10.6 Å². The van der Waals surface area contributed by atoms with Crippen molar-refractivity contribution in [2.75, 3.05) is 6.54 Å².